The van der Waals surface area contributed by atoms with Crippen molar-refractivity contribution in [3.8, 4) is 0 Å². The molecule has 204 valence electrons. The number of carboxylic acid groups (broad SMARTS) is 1. The third kappa shape index (κ3) is 8.38. The van der Waals surface area contributed by atoms with Crippen LogP contribution in [0.1, 0.15) is 79.7 Å². The lowest BCUT2D eigenvalue weighted by molar-refractivity contribution is -0.137. The van der Waals surface area contributed by atoms with Crippen molar-refractivity contribution in [2.24, 2.45) is 5.92 Å². The second-order valence-corrected chi connectivity index (χ2v) is 10.3. The molecule has 5 nitrogen and oxygen atoms in total. The van der Waals surface area contributed by atoms with Crippen LogP contribution in [-0.4, -0.2) is 41.5 Å². The maximum Gasteiger partial charge on any atom is 0.303 e. The minimum Gasteiger partial charge on any atom is -0.481 e. The van der Waals surface area contributed by atoms with E-state index in [1.807, 2.05) is 17.0 Å². The minimum absolute atomic E-state index is 0.0350. The Labute approximate surface area is 226 Å². The number of amides is 1. The van der Waals surface area contributed by atoms with E-state index < -0.39 is 5.97 Å². The van der Waals surface area contributed by atoms with Gasteiger partial charge in [0, 0.05) is 37.9 Å². The number of allylic oxidation sites excluding steroid dienone is 2. The van der Waals surface area contributed by atoms with Crippen molar-refractivity contribution in [2.45, 2.75) is 64.3 Å². The van der Waals surface area contributed by atoms with Crippen molar-refractivity contribution in [3.05, 3.63) is 89.3 Å². The van der Waals surface area contributed by atoms with E-state index >= 15 is 0 Å². The summed E-state index contributed by atoms with van der Waals surface area (Å²) in [6.45, 7) is 10.1. The topological polar surface area (TPSA) is 69.6 Å². The van der Waals surface area contributed by atoms with Crippen molar-refractivity contribution in [1.82, 2.24) is 10.2 Å². The summed E-state index contributed by atoms with van der Waals surface area (Å²) in [4.78, 5) is 25.6. The first kappa shape index (κ1) is 29.3. The van der Waals surface area contributed by atoms with Gasteiger partial charge in [-0.2, -0.15) is 0 Å². The average Bonchev–Trinajstić information content (AvgIpc) is 2.90. The number of hydrogen-bond donors (Lipinski definition) is 2. The number of aryl methyl sites for hydroxylation is 1. The van der Waals surface area contributed by atoms with Gasteiger partial charge < -0.3 is 15.3 Å². The van der Waals surface area contributed by atoms with Gasteiger partial charge in [0.1, 0.15) is 5.82 Å². The summed E-state index contributed by atoms with van der Waals surface area (Å²) in [7, 11) is 0. The number of halogens is 1. The van der Waals surface area contributed by atoms with Gasteiger partial charge in [0.15, 0.2) is 0 Å². The Morgan fingerprint density at radius 3 is 2.68 bits per heavy atom. The van der Waals surface area contributed by atoms with Crippen molar-refractivity contribution in [2.75, 3.05) is 19.6 Å². The van der Waals surface area contributed by atoms with Gasteiger partial charge in [-0.3, -0.25) is 9.59 Å². The molecule has 3 rings (SSSR count). The summed E-state index contributed by atoms with van der Waals surface area (Å²) in [6, 6.07) is 13.2. The molecular formula is C32H41FN2O3. The predicted octanol–water partition coefficient (Wildman–Crippen LogP) is 6.65. The molecule has 1 aliphatic heterocycles. The van der Waals surface area contributed by atoms with Crippen LogP contribution in [0.25, 0.3) is 6.08 Å². The number of carboxylic acids is 1. The zero-order valence-corrected chi connectivity index (χ0v) is 22.7. The Morgan fingerprint density at radius 1 is 1.18 bits per heavy atom. The Hall–Kier alpha value is -3.25. The number of carbonyl (C=O) groups is 2. The third-order valence-corrected chi connectivity index (χ3v) is 7.58. The molecule has 1 heterocycles. The summed E-state index contributed by atoms with van der Waals surface area (Å²) in [5.41, 5.74) is 4.55. The number of piperidine rings is 1. The molecule has 1 saturated heterocycles. The summed E-state index contributed by atoms with van der Waals surface area (Å²) in [5.74, 6) is -0.669. The standard InChI is InChI=1S/C32H41FN2O3/c1-4-5-14-28-23(2)11-9-15-29(28)24(3)34-21-26-18-19-35(31(36)16-7-6-8-17-32(37)38)22-30(26)25-12-10-13-27(33)20-25/h4-5,9-15,20,24,26,30,34H,1,6-8,16-19,21-22H2,2-3H3,(H,37,38)/b14-5-. The second-order valence-electron chi connectivity index (χ2n) is 10.3. The van der Waals surface area contributed by atoms with E-state index in [1.54, 1.807) is 18.2 Å². The van der Waals surface area contributed by atoms with Crippen LogP contribution in [0, 0.1) is 18.7 Å². The van der Waals surface area contributed by atoms with E-state index in [4.69, 9.17) is 5.11 Å². The highest BCUT2D eigenvalue weighted by molar-refractivity contribution is 5.76. The van der Waals surface area contributed by atoms with Crippen molar-refractivity contribution >= 4 is 18.0 Å². The lowest BCUT2D eigenvalue weighted by Crippen LogP contribution is -2.45. The molecule has 38 heavy (non-hydrogen) atoms. The molecule has 6 heteroatoms. The van der Waals surface area contributed by atoms with Gasteiger partial charge >= 0.3 is 5.97 Å². The normalized spacial score (nSPS) is 18.4. The molecule has 1 amide bonds. The van der Waals surface area contributed by atoms with Crippen LogP contribution in [0.2, 0.25) is 0 Å². The molecule has 2 N–H and O–H groups in total. The number of benzene rings is 2. The number of nitrogens with one attached hydrogen (secondary N) is 1. The zero-order chi connectivity index (χ0) is 27.5. The fourth-order valence-corrected chi connectivity index (χ4v) is 5.38. The smallest absolute Gasteiger partial charge is 0.303 e. The second kappa shape index (κ2) is 14.6. The third-order valence-electron chi connectivity index (χ3n) is 7.58. The molecule has 0 spiro atoms. The number of aliphatic carboxylic acids is 1. The fraction of sp³-hybridized carbons (Fsp3) is 0.438. The predicted molar refractivity (Wildman–Crippen MR) is 151 cm³/mol. The molecule has 3 unspecified atom stereocenters. The molecule has 0 saturated carbocycles. The van der Waals surface area contributed by atoms with E-state index in [-0.39, 0.29) is 36.0 Å². The lowest BCUT2D eigenvalue weighted by Gasteiger charge is -2.39. The highest BCUT2D eigenvalue weighted by Crippen LogP contribution is 2.34. The highest BCUT2D eigenvalue weighted by atomic mass is 19.1. The number of carbonyl (C=O) groups excluding carboxylic acids is 1. The molecule has 2 aromatic carbocycles. The van der Waals surface area contributed by atoms with Crippen LogP contribution in [0.3, 0.4) is 0 Å². The van der Waals surface area contributed by atoms with Gasteiger partial charge in [0.25, 0.3) is 0 Å². The maximum absolute atomic E-state index is 14.2. The molecule has 1 aliphatic rings. The first-order valence-corrected chi connectivity index (χ1v) is 13.7. The van der Waals surface area contributed by atoms with Crippen molar-refractivity contribution in [1.29, 1.82) is 0 Å². The molecule has 0 aliphatic carbocycles. The summed E-state index contributed by atoms with van der Waals surface area (Å²) in [6.07, 6.45) is 9.24. The van der Waals surface area contributed by atoms with E-state index in [9.17, 15) is 14.0 Å². The Bertz CT molecular complexity index is 1130. The van der Waals surface area contributed by atoms with E-state index in [0.717, 1.165) is 24.9 Å². The van der Waals surface area contributed by atoms with Crippen LogP contribution < -0.4 is 5.32 Å². The molecule has 0 aromatic heterocycles. The summed E-state index contributed by atoms with van der Waals surface area (Å²) < 4.78 is 14.2. The van der Waals surface area contributed by atoms with Crippen molar-refractivity contribution in [3.63, 3.8) is 0 Å². The van der Waals surface area contributed by atoms with E-state index in [0.29, 0.717) is 32.4 Å². The van der Waals surface area contributed by atoms with Crippen LogP contribution in [0.4, 0.5) is 4.39 Å². The molecular weight excluding hydrogens is 479 g/mol. The largest absolute Gasteiger partial charge is 0.481 e. The maximum atomic E-state index is 14.2. The fourth-order valence-electron chi connectivity index (χ4n) is 5.38. The quantitative estimate of drug-likeness (QED) is 0.229. The zero-order valence-electron chi connectivity index (χ0n) is 22.7. The monoisotopic (exact) mass is 520 g/mol. The van der Waals surface area contributed by atoms with Crippen LogP contribution >= 0.6 is 0 Å². The molecule has 1 fully saturated rings. The molecule has 3 atom stereocenters. The summed E-state index contributed by atoms with van der Waals surface area (Å²) in [5, 5.41) is 12.5. The van der Waals surface area contributed by atoms with Gasteiger partial charge in [0.05, 0.1) is 0 Å². The minimum atomic E-state index is -0.800. The van der Waals surface area contributed by atoms with Crippen LogP contribution in [-0.2, 0) is 9.59 Å². The van der Waals surface area contributed by atoms with Gasteiger partial charge in [-0.1, -0.05) is 61.6 Å². The van der Waals surface area contributed by atoms with Gasteiger partial charge in [-0.15, -0.1) is 0 Å². The SMILES string of the molecule is C=C/C=C\c1c(C)cccc1C(C)NCC1CCN(C(=O)CCCCCC(=O)O)CC1c1cccc(F)c1. The number of unbranched alkanes of at least 4 members (excludes halogenated alkanes) is 2. The van der Waals surface area contributed by atoms with Crippen LogP contribution in [0.15, 0.2) is 61.2 Å². The van der Waals surface area contributed by atoms with Crippen LogP contribution in [0.5, 0.6) is 0 Å². The number of hydrogen-bond acceptors (Lipinski definition) is 3. The average molecular weight is 521 g/mol. The number of rotatable bonds is 13. The van der Waals surface area contributed by atoms with Gasteiger partial charge in [-0.25, -0.2) is 4.39 Å². The molecule has 2 aromatic rings. The Kier molecular flexibility index (Phi) is 11.3. The highest BCUT2D eigenvalue weighted by Gasteiger charge is 2.32. The van der Waals surface area contributed by atoms with Gasteiger partial charge in [-0.05, 0) is 80.0 Å². The lowest BCUT2D eigenvalue weighted by atomic mass is 9.80. The number of nitrogens with zero attached hydrogens (tertiary/aromatic N) is 1. The number of likely N-dealkylation sites (tertiary alicyclic amines) is 1. The van der Waals surface area contributed by atoms with E-state index in [2.05, 4.69) is 50.0 Å². The first-order valence-electron chi connectivity index (χ1n) is 13.7. The van der Waals surface area contributed by atoms with Gasteiger partial charge in [0.2, 0.25) is 5.91 Å². The first-order chi connectivity index (χ1) is 18.3. The molecule has 0 radical (unpaired) electrons. The van der Waals surface area contributed by atoms with Crippen molar-refractivity contribution < 1.29 is 19.1 Å². The Balaban J connectivity index is 1.68. The van der Waals surface area contributed by atoms with E-state index in [1.165, 1.54) is 22.8 Å². The summed E-state index contributed by atoms with van der Waals surface area (Å²) >= 11 is 0. The molecule has 0 bridgehead atoms. The Morgan fingerprint density at radius 2 is 1.95 bits per heavy atom.